The molecule has 0 spiro atoms. The predicted molar refractivity (Wildman–Crippen MR) is 61.5 cm³/mol. The fourth-order valence-electron chi connectivity index (χ4n) is 1.66. The van der Waals surface area contributed by atoms with Gasteiger partial charge in [-0.05, 0) is 5.10 Å². The number of aromatic nitrogens is 3. The van der Waals surface area contributed by atoms with Crippen LogP contribution in [0.15, 0.2) is 35.3 Å². The molecule has 0 aliphatic rings. The number of nitrogens with zero attached hydrogens (tertiary/aromatic N) is 3. The first-order chi connectivity index (χ1) is 8.49. The lowest BCUT2D eigenvalue weighted by molar-refractivity contribution is -0.808. The maximum Gasteiger partial charge on any atom is 0.310 e. The van der Waals surface area contributed by atoms with Crippen molar-refractivity contribution in [2.24, 2.45) is 0 Å². The molecule has 0 radical (unpaired) electrons. The number of carboxylic acids is 1. The zero-order valence-electron chi connectivity index (χ0n) is 10.2. The summed E-state index contributed by atoms with van der Waals surface area (Å²) in [4.78, 5) is 14.8. The third kappa shape index (κ3) is 2.53. The first kappa shape index (κ1) is 12.2. The van der Waals surface area contributed by atoms with E-state index in [1.54, 1.807) is 29.3 Å². The highest BCUT2D eigenvalue weighted by Gasteiger charge is 2.33. The molecule has 0 aliphatic carbocycles. The van der Waals surface area contributed by atoms with Crippen LogP contribution in [0, 0.1) is 0 Å². The molecule has 0 fully saturated rings. The molecule has 0 amide bonds. The molecule has 0 bridgehead atoms. The van der Waals surface area contributed by atoms with Crippen LogP contribution in [-0.2, 0) is 10.3 Å². The lowest BCUT2D eigenvalue weighted by atomic mass is 10.0. The van der Waals surface area contributed by atoms with Gasteiger partial charge in [0.2, 0.25) is 5.89 Å². The molecular weight excluding hydrogens is 234 g/mol. The molecule has 6 nitrogen and oxygen atoms in total. The molecule has 0 aliphatic heterocycles. The Bertz CT molecular complexity index is 532. The molecular formula is C12H14N3O3+. The van der Waals surface area contributed by atoms with E-state index >= 15 is 0 Å². The van der Waals surface area contributed by atoms with Crippen LogP contribution in [0.2, 0.25) is 0 Å². The second kappa shape index (κ2) is 4.56. The topological polar surface area (TPSA) is 80.1 Å². The van der Waals surface area contributed by atoms with Crippen LogP contribution in [0.3, 0.4) is 0 Å². The fraction of sp³-hybridized carbons (Fsp3) is 0.333. The van der Waals surface area contributed by atoms with Crippen LogP contribution in [0.25, 0.3) is 11.5 Å². The molecule has 0 atom stereocenters. The second-order valence-electron chi connectivity index (χ2n) is 4.58. The van der Waals surface area contributed by atoms with Gasteiger partial charge >= 0.3 is 5.97 Å². The van der Waals surface area contributed by atoms with Crippen molar-refractivity contribution in [2.75, 3.05) is 0 Å². The van der Waals surface area contributed by atoms with Crippen molar-refractivity contribution in [2.45, 2.75) is 25.8 Å². The van der Waals surface area contributed by atoms with E-state index < -0.39 is 11.5 Å². The zero-order chi connectivity index (χ0) is 13.2. The van der Waals surface area contributed by atoms with Crippen molar-refractivity contribution >= 4 is 5.97 Å². The summed E-state index contributed by atoms with van der Waals surface area (Å²) in [5, 5.41) is 13.1. The Hall–Kier alpha value is -2.24. The summed E-state index contributed by atoms with van der Waals surface area (Å²) < 4.78 is 6.77. The smallest absolute Gasteiger partial charge is 0.310 e. The van der Waals surface area contributed by atoms with Crippen molar-refractivity contribution in [1.29, 1.82) is 0 Å². The molecule has 18 heavy (non-hydrogen) atoms. The van der Waals surface area contributed by atoms with Gasteiger partial charge in [0.1, 0.15) is 18.9 Å². The van der Waals surface area contributed by atoms with E-state index in [1.807, 2.05) is 13.8 Å². The van der Waals surface area contributed by atoms with Crippen LogP contribution in [-0.4, -0.2) is 21.2 Å². The summed E-state index contributed by atoms with van der Waals surface area (Å²) in [5.41, 5.74) is 0.170. The Morgan fingerprint density at radius 3 is 2.83 bits per heavy atom. The van der Waals surface area contributed by atoms with Crippen molar-refractivity contribution < 1.29 is 19.0 Å². The van der Waals surface area contributed by atoms with E-state index in [0.29, 0.717) is 5.89 Å². The fourth-order valence-corrected chi connectivity index (χ4v) is 1.66. The maximum atomic E-state index is 10.8. The number of hydrogen-bond donors (Lipinski definition) is 1. The molecule has 1 N–H and O–H groups in total. The average molecular weight is 248 g/mol. The summed E-state index contributed by atoms with van der Waals surface area (Å²) in [5.74, 6) is -0.364. The summed E-state index contributed by atoms with van der Waals surface area (Å²) in [7, 11) is 0. The Balaban J connectivity index is 2.25. The van der Waals surface area contributed by atoms with Crippen LogP contribution >= 0.6 is 0 Å². The van der Waals surface area contributed by atoms with Crippen molar-refractivity contribution in [3.05, 3.63) is 30.9 Å². The molecule has 94 valence electrons. The van der Waals surface area contributed by atoms with E-state index in [1.165, 1.54) is 6.26 Å². The highest BCUT2D eigenvalue weighted by molar-refractivity contribution is 5.67. The third-order valence-corrected chi connectivity index (χ3v) is 2.60. The summed E-state index contributed by atoms with van der Waals surface area (Å²) in [6.45, 7) is 3.64. The van der Waals surface area contributed by atoms with Crippen LogP contribution < -0.4 is 4.68 Å². The van der Waals surface area contributed by atoms with Gasteiger partial charge in [0, 0.05) is 19.9 Å². The standard InChI is InChI=1S/C12H13N3O3/c1-12(2,7-10(16)17)15-5-3-9(8-14-15)11-13-4-6-18-11/h3-6,8H,7H2,1-2H3/p+1. The Kier molecular flexibility index (Phi) is 3.10. The molecule has 2 rings (SSSR count). The second-order valence-corrected chi connectivity index (χ2v) is 4.58. The predicted octanol–water partition coefficient (Wildman–Crippen LogP) is 1.23. The van der Waals surface area contributed by atoms with Gasteiger partial charge in [0.25, 0.3) is 0 Å². The molecule has 2 aromatic heterocycles. The number of hydrogen-bond acceptors (Lipinski definition) is 4. The van der Waals surface area contributed by atoms with Gasteiger partial charge in [-0.15, -0.1) is 0 Å². The largest absolute Gasteiger partial charge is 0.481 e. The summed E-state index contributed by atoms with van der Waals surface area (Å²) in [6, 6.07) is 1.79. The van der Waals surface area contributed by atoms with Gasteiger partial charge in [-0.3, -0.25) is 4.79 Å². The lowest BCUT2D eigenvalue weighted by Gasteiger charge is -2.14. The van der Waals surface area contributed by atoms with E-state index in [0.717, 1.165) is 5.56 Å². The molecule has 2 aromatic rings. The van der Waals surface area contributed by atoms with Crippen molar-refractivity contribution in [3.63, 3.8) is 0 Å². The number of carbonyl (C=O) groups is 1. The monoisotopic (exact) mass is 248 g/mol. The van der Waals surface area contributed by atoms with Gasteiger partial charge in [-0.25, -0.2) is 4.98 Å². The minimum Gasteiger partial charge on any atom is -0.481 e. The van der Waals surface area contributed by atoms with Gasteiger partial charge in [0.15, 0.2) is 11.7 Å². The summed E-state index contributed by atoms with van der Waals surface area (Å²) in [6.07, 6.45) is 6.39. The van der Waals surface area contributed by atoms with Gasteiger partial charge in [0.05, 0.1) is 11.8 Å². The minimum absolute atomic E-state index is 0.00299. The van der Waals surface area contributed by atoms with E-state index in [2.05, 4.69) is 10.1 Å². The van der Waals surface area contributed by atoms with Crippen molar-refractivity contribution in [1.82, 2.24) is 10.1 Å². The number of aliphatic carboxylic acids is 1. The first-order valence-electron chi connectivity index (χ1n) is 5.49. The Morgan fingerprint density at radius 2 is 2.33 bits per heavy atom. The third-order valence-electron chi connectivity index (χ3n) is 2.60. The molecule has 6 heteroatoms. The number of rotatable bonds is 4. The van der Waals surface area contributed by atoms with Gasteiger partial charge in [-0.2, -0.15) is 0 Å². The maximum absolute atomic E-state index is 10.8. The molecule has 2 heterocycles. The lowest BCUT2D eigenvalue weighted by Crippen LogP contribution is -2.55. The van der Waals surface area contributed by atoms with Crippen LogP contribution in [0.5, 0.6) is 0 Å². The Morgan fingerprint density at radius 1 is 1.56 bits per heavy atom. The van der Waals surface area contributed by atoms with Gasteiger partial charge < -0.3 is 9.52 Å². The molecule has 0 saturated heterocycles. The average Bonchev–Trinajstić information content (AvgIpc) is 2.81. The van der Waals surface area contributed by atoms with E-state index in [9.17, 15) is 4.79 Å². The molecule has 0 aromatic carbocycles. The first-order valence-corrected chi connectivity index (χ1v) is 5.49. The number of oxazole rings is 1. The minimum atomic E-state index is -0.855. The normalized spacial score (nSPS) is 11.4. The SMILES string of the molecule is CC(C)(CC(=O)O)[n+]1ccc(-c2ncco2)cn1. The van der Waals surface area contributed by atoms with Crippen LogP contribution in [0.4, 0.5) is 0 Å². The Labute approximate surface area is 104 Å². The number of carboxylic acid groups (broad SMARTS) is 1. The quantitative estimate of drug-likeness (QED) is 0.823. The van der Waals surface area contributed by atoms with E-state index in [4.69, 9.17) is 9.52 Å². The van der Waals surface area contributed by atoms with E-state index in [-0.39, 0.29) is 6.42 Å². The molecule has 0 saturated carbocycles. The van der Waals surface area contributed by atoms with Crippen molar-refractivity contribution in [3.8, 4) is 11.5 Å². The zero-order valence-corrected chi connectivity index (χ0v) is 10.2. The molecule has 0 unspecified atom stereocenters. The highest BCUT2D eigenvalue weighted by atomic mass is 16.4. The summed E-state index contributed by atoms with van der Waals surface area (Å²) >= 11 is 0. The highest BCUT2D eigenvalue weighted by Crippen LogP contribution is 2.15. The van der Waals surface area contributed by atoms with Crippen LogP contribution in [0.1, 0.15) is 20.3 Å². The van der Waals surface area contributed by atoms with Gasteiger partial charge in [-0.1, -0.05) is 4.68 Å².